The Labute approximate surface area is 321 Å². The highest BCUT2D eigenvalue weighted by atomic mass is 15.1. The molecule has 1 nitrogen and oxygen atoms in total. The second-order valence-electron chi connectivity index (χ2n) is 16.0. The van der Waals surface area contributed by atoms with Crippen LogP contribution in [0.2, 0.25) is 0 Å². The van der Waals surface area contributed by atoms with Crippen molar-refractivity contribution >= 4 is 38.6 Å². The first-order valence-electron chi connectivity index (χ1n) is 19.4. The van der Waals surface area contributed by atoms with Crippen LogP contribution in [-0.2, 0) is 10.8 Å². The van der Waals surface area contributed by atoms with E-state index in [1.807, 2.05) is 0 Å². The molecule has 55 heavy (non-hydrogen) atoms. The molecule has 0 aromatic heterocycles. The van der Waals surface area contributed by atoms with Crippen molar-refractivity contribution in [2.24, 2.45) is 0 Å². The van der Waals surface area contributed by atoms with E-state index >= 15 is 0 Å². The van der Waals surface area contributed by atoms with E-state index in [4.69, 9.17) is 0 Å². The molecule has 0 aliphatic heterocycles. The number of hydrogen-bond donors (Lipinski definition) is 0. The SMILES string of the molecule is CC1(C)c2ccccc2-c2ccc(N(c3ccc4c(c3)-c3ccccc3C43c4ccccc4-c4ccccc43)c3cc4ccccc4c4ccccc34)cc21. The molecule has 0 atom stereocenters. The van der Waals surface area contributed by atoms with Gasteiger partial charge in [-0.05, 0) is 113 Å². The van der Waals surface area contributed by atoms with E-state index < -0.39 is 0 Å². The van der Waals surface area contributed by atoms with Gasteiger partial charge in [0.05, 0.1) is 11.1 Å². The molecular weight excluding hydrogens is 663 g/mol. The van der Waals surface area contributed by atoms with Crippen LogP contribution in [0, 0.1) is 0 Å². The molecule has 0 saturated carbocycles. The van der Waals surface area contributed by atoms with E-state index in [9.17, 15) is 0 Å². The first-order valence-corrected chi connectivity index (χ1v) is 19.4. The Bertz CT molecular complexity index is 3040. The van der Waals surface area contributed by atoms with Crippen molar-refractivity contribution < 1.29 is 0 Å². The first-order chi connectivity index (χ1) is 27.0. The lowest BCUT2D eigenvalue weighted by Crippen LogP contribution is -2.25. The smallest absolute Gasteiger partial charge is 0.0725 e. The van der Waals surface area contributed by atoms with Crippen LogP contribution in [0.5, 0.6) is 0 Å². The van der Waals surface area contributed by atoms with Gasteiger partial charge in [0, 0.05) is 22.2 Å². The maximum Gasteiger partial charge on any atom is 0.0725 e. The van der Waals surface area contributed by atoms with Crippen molar-refractivity contribution in [2.45, 2.75) is 24.7 Å². The average Bonchev–Trinajstić information content (AvgIpc) is 3.79. The summed E-state index contributed by atoms with van der Waals surface area (Å²) in [6.45, 7) is 4.75. The molecule has 0 fully saturated rings. The Morgan fingerprint density at radius 2 is 0.782 bits per heavy atom. The van der Waals surface area contributed by atoms with Gasteiger partial charge in [0.25, 0.3) is 0 Å². The van der Waals surface area contributed by atoms with Crippen LogP contribution >= 0.6 is 0 Å². The van der Waals surface area contributed by atoms with E-state index in [1.54, 1.807) is 0 Å². The monoisotopic (exact) mass is 699 g/mol. The first kappa shape index (κ1) is 30.7. The van der Waals surface area contributed by atoms with Crippen molar-refractivity contribution in [3.8, 4) is 33.4 Å². The molecule has 3 aliphatic rings. The normalized spacial score (nSPS) is 14.7. The van der Waals surface area contributed by atoms with E-state index in [1.165, 1.54) is 94.0 Å². The Morgan fingerprint density at radius 3 is 1.45 bits per heavy atom. The largest absolute Gasteiger partial charge is 0.310 e. The Kier molecular flexibility index (Phi) is 6.11. The number of rotatable bonds is 3. The second-order valence-corrected chi connectivity index (χ2v) is 16.0. The predicted octanol–water partition coefficient (Wildman–Crippen LogP) is 14.1. The summed E-state index contributed by atoms with van der Waals surface area (Å²) < 4.78 is 0. The summed E-state index contributed by atoms with van der Waals surface area (Å²) in [5.74, 6) is 0. The van der Waals surface area contributed by atoms with Gasteiger partial charge in [-0.2, -0.15) is 0 Å². The van der Waals surface area contributed by atoms with Crippen molar-refractivity contribution in [3.05, 3.63) is 221 Å². The van der Waals surface area contributed by atoms with E-state index in [2.05, 4.69) is 207 Å². The summed E-state index contributed by atoms with van der Waals surface area (Å²) >= 11 is 0. The lowest BCUT2D eigenvalue weighted by atomic mass is 9.70. The summed E-state index contributed by atoms with van der Waals surface area (Å²) in [5, 5.41) is 5.01. The molecule has 1 heteroatoms. The minimum atomic E-state index is -0.374. The molecule has 0 radical (unpaired) electrons. The zero-order valence-corrected chi connectivity index (χ0v) is 30.8. The van der Waals surface area contributed by atoms with Crippen molar-refractivity contribution in [1.29, 1.82) is 0 Å². The van der Waals surface area contributed by atoms with E-state index in [-0.39, 0.29) is 10.8 Å². The maximum atomic E-state index is 2.53. The fourth-order valence-corrected chi connectivity index (χ4v) is 10.7. The van der Waals surface area contributed by atoms with Gasteiger partial charge < -0.3 is 4.90 Å². The third-order valence-corrected chi connectivity index (χ3v) is 13.1. The third kappa shape index (κ3) is 3.92. The van der Waals surface area contributed by atoms with E-state index in [0.717, 1.165) is 11.4 Å². The topological polar surface area (TPSA) is 3.24 Å². The van der Waals surface area contributed by atoms with Gasteiger partial charge in [-0.3, -0.25) is 0 Å². The summed E-state index contributed by atoms with van der Waals surface area (Å²) in [7, 11) is 0. The van der Waals surface area contributed by atoms with Crippen molar-refractivity contribution in [1.82, 2.24) is 0 Å². The fourth-order valence-electron chi connectivity index (χ4n) is 10.7. The predicted molar refractivity (Wildman–Crippen MR) is 230 cm³/mol. The lowest BCUT2D eigenvalue weighted by molar-refractivity contribution is 0.660. The van der Waals surface area contributed by atoms with Gasteiger partial charge in [-0.15, -0.1) is 0 Å². The molecule has 3 aliphatic carbocycles. The number of anilines is 3. The van der Waals surface area contributed by atoms with Crippen molar-refractivity contribution in [2.75, 3.05) is 4.90 Å². The molecule has 12 rings (SSSR count). The molecular formula is C54H37N. The zero-order valence-electron chi connectivity index (χ0n) is 30.8. The van der Waals surface area contributed by atoms with Gasteiger partial charge in [0.2, 0.25) is 0 Å². The lowest BCUT2D eigenvalue weighted by Gasteiger charge is -2.32. The maximum absolute atomic E-state index is 2.53. The van der Waals surface area contributed by atoms with Gasteiger partial charge in [-0.1, -0.05) is 172 Å². The van der Waals surface area contributed by atoms with Gasteiger partial charge >= 0.3 is 0 Å². The van der Waals surface area contributed by atoms with Gasteiger partial charge in [0.15, 0.2) is 0 Å². The molecule has 9 aromatic carbocycles. The minimum Gasteiger partial charge on any atom is -0.310 e. The zero-order chi connectivity index (χ0) is 36.5. The Morgan fingerprint density at radius 1 is 0.327 bits per heavy atom. The fraction of sp³-hybridized carbons (Fsp3) is 0.0741. The molecule has 0 heterocycles. The van der Waals surface area contributed by atoms with E-state index in [0.29, 0.717) is 0 Å². The molecule has 0 amide bonds. The number of fused-ring (bicyclic) bond motifs is 16. The third-order valence-electron chi connectivity index (χ3n) is 13.1. The number of hydrogen-bond acceptors (Lipinski definition) is 1. The van der Waals surface area contributed by atoms with Gasteiger partial charge in [0.1, 0.15) is 0 Å². The highest BCUT2D eigenvalue weighted by molar-refractivity contribution is 6.15. The van der Waals surface area contributed by atoms with Crippen LogP contribution in [-0.4, -0.2) is 0 Å². The van der Waals surface area contributed by atoms with Crippen LogP contribution in [0.25, 0.3) is 54.9 Å². The van der Waals surface area contributed by atoms with Crippen molar-refractivity contribution in [3.63, 3.8) is 0 Å². The Balaban J connectivity index is 1.15. The van der Waals surface area contributed by atoms with Gasteiger partial charge in [-0.25, -0.2) is 0 Å². The number of benzene rings is 9. The highest BCUT2D eigenvalue weighted by Gasteiger charge is 2.51. The molecule has 0 unspecified atom stereocenters. The molecule has 1 spiro atoms. The quantitative estimate of drug-likeness (QED) is 0.166. The summed E-state index contributed by atoms with van der Waals surface area (Å²) in [4.78, 5) is 2.53. The van der Waals surface area contributed by atoms with Crippen LogP contribution in [0.3, 0.4) is 0 Å². The van der Waals surface area contributed by atoms with Crippen LogP contribution in [0.1, 0.15) is 47.2 Å². The molecule has 9 aromatic rings. The second kappa shape index (κ2) is 10.9. The molecule has 0 saturated heterocycles. The standard InChI is InChI=1S/C54H37N/c1-53(2)46-23-11-7-18-39(46)43-29-27-36(33-51(43)53)55(52-31-34-15-3-4-16-37(34)38-17-5-6-22-44(38)52)35-28-30-50-45(32-35)42-21-10-14-26-49(42)54(50)47-24-12-8-19-40(47)41-20-9-13-25-48(41)54/h3-33H,1-2H3. The summed E-state index contributed by atoms with van der Waals surface area (Å²) in [5.41, 5.74) is 19.1. The van der Waals surface area contributed by atoms with Crippen LogP contribution in [0.4, 0.5) is 17.1 Å². The minimum absolute atomic E-state index is 0.119. The summed E-state index contributed by atoms with van der Waals surface area (Å²) in [6.07, 6.45) is 0. The molecule has 0 N–H and O–H groups in total. The molecule has 0 bridgehead atoms. The van der Waals surface area contributed by atoms with Crippen LogP contribution in [0.15, 0.2) is 188 Å². The number of nitrogens with zero attached hydrogens (tertiary/aromatic N) is 1. The highest BCUT2D eigenvalue weighted by Crippen LogP contribution is 2.63. The van der Waals surface area contributed by atoms with Crippen LogP contribution < -0.4 is 4.90 Å². The Hall–Kier alpha value is -6.70. The molecule has 258 valence electrons. The average molecular weight is 700 g/mol. The summed E-state index contributed by atoms with van der Waals surface area (Å²) in [6, 6.07) is 70.7.